The minimum Gasteiger partial charge on any atom is -0.493 e. The van der Waals surface area contributed by atoms with Gasteiger partial charge in [0.05, 0.1) is 13.7 Å². The molecule has 7 heteroatoms. The van der Waals surface area contributed by atoms with Crippen molar-refractivity contribution in [2.75, 3.05) is 13.7 Å². The molecule has 0 aliphatic heterocycles. The lowest BCUT2D eigenvalue weighted by atomic mass is 10.2. The Morgan fingerprint density at radius 1 is 1.38 bits per heavy atom. The fraction of sp³-hybridized carbons (Fsp3) is 0.500. The second kappa shape index (κ2) is 8.99. The number of rotatable bonds is 8. The summed E-state index contributed by atoms with van der Waals surface area (Å²) in [4.78, 5) is 4.14. The predicted molar refractivity (Wildman–Crippen MR) is 77.9 cm³/mol. The Kier molecular flexibility index (Phi) is 7.28. The molecule has 21 heavy (non-hydrogen) atoms. The molecule has 0 saturated carbocycles. The van der Waals surface area contributed by atoms with Gasteiger partial charge in [0.15, 0.2) is 17.5 Å². The van der Waals surface area contributed by atoms with Gasteiger partial charge in [-0.25, -0.2) is 4.99 Å². The third kappa shape index (κ3) is 6.29. The maximum Gasteiger partial charge on any atom is 0.387 e. The number of nitrogens with one attached hydrogen (secondary N) is 1. The van der Waals surface area contributed by atoms with Gasteiger partial charge in [-0.2, -0.15) is 8.78 Å². The van der Waals surface area contributed by atoms with Crippen LogP contribution in [0.2, 0.25) is 0 Å². The van der Waals surface area contributed by atoms with Crippen molar-refractivity contribution < 1.29 is 18.3 Å². The summed E-state index contributed by atoms with van der Waals surface area (Å²) in [5.74, 6) is 0.561. The van der Waals surface area contributed by atoms with Gasteiger partial charge in [-0.05, 0) is 24.1 Å². The Bertz CT molecular complexity index is 468. The lowest BCUT2D eigenvalue weighted by molar-refractivity contribution is -0.0512. The number of aliphatic imine (C=N–C) groups is 1. The van der Waals surface area contributed by atoms with Crippen molar-refractivity contribution in [3.8, 4) is 11.5 Å². The first-order chi connectivity index (χ1) is 10.1. The molecule has 1 aromatic rings. The topological polar surface area (TPSA) is 68.9 Å². The molecule has 0 fully saturated rings. The molecule has 0 radical (unpaired) electrons. The minimum atomic E-state index is -2.90. The van der Waals surface area contributed by atoms with E-state index in [2.05, 4.69) is 22.0 Å². The van der Waals surface area contributed by atoms with E-state index in [1.165, 1.54) is 13.2 Å². The number of unbranched alkanes of at least 4 members (excludes halogenated alkanes) is 1. The van der Waals surface area contributed by atoms with Crippen molar-refractivity contribution in [1.29, 1.82) is 0 Å². The molecule has 0 atom stereocenters. The van der Waals surface area contributed by atoms with Crippen LogP contribution >= 0.6 is 0 Å². The van der Waals surface area contributed by atoms with Crippen LogP contribution in [0, 0.1) is 0 Å². The van der Waals surface area contributed by atoms with E-state index in [0.29, 0.717) is 11.5 Å². The SMILES string of the molecule is CCCCNC(N)=NCc1ccc(OC)c(OC(F)F)c1. The standard InChI is InChI=1S/C14H21F2N3O2/c1-3-4-7-18-14(17)19-9-10-5-6-11(20-2)12(8-10)21-13(15)16/h5-6,8,13H,3-4,7,9H2,1-2H3,(H3,17,18,19). The van der Waals surface area contributed by atoms with Gasteiger partial charge >= 0.3 is 6.61 Å². The molecule has 1 aromatic carbocycles. The number of ether oxygens (including phenoxy) is 2. The first kappa shape index (κ1) is 17.0. The lowest BCUT2D eigenvalue weighted by Gasteiger charge is -2.11. The van der Waals surface area contributed by atoms with E-state index in [4.69, 9.17) is 10.5 Å². The maximum absolute atomic E-state index is 12.3. The molecule has 0 amide bonds. The summed E-state index contributed by atoms with van der Waals surface area (Å²) in [5, 5.41) is 2.97. The number of benzene rings is 1. The molecule has 0 spiro atoms. The van der Waals surface area contributed by atoms with Crippen molar-refractivity contribution in [3.63, 3.8) is 0 Å². The van der Waals surface area contributed by atoms with Crippen LogP contribution in [0.25, 0.3) is 0 Å². The Hall–Kier alpha value is -2.05. The summed E-state index contributed by atoms with van der Waals surface area (Å²) in [5.41, 5.74) is 6.40. The Morgan fingerprint density at radius 2 is 2.14 bits per heavy atom. The predicted octanol–water partition coefficient (Wildman–Crippen LogP) is 2.50. The van der Waals surface area contributed by atoms with Crippen molar-refractivity contribution in [2.45, 2.75) is 32.9 Å². The van der Waals surface area contributed by atoms with Crippen LogP contribution in [0.3, 0.4) is 0 Å². The number of methoxy groups -OCH3 is 1. The number of nitrogens with two attached hydrogens (primary N) is 1. The number of guanidine groups is 1. The lowest BCUT2D eigenvalue weighted by Crippen LogP contribution is -2.32. The molecule has 5 nitrogen and oxygen atoms in total. The van der Waals surface area contributed by atoms with Gasteiger partial charge in [-0.3, -0.25) is 0 Å². The summed E-state index contributed by atoms with van der Waals surface area (Å²) in [6.45, 7) is 0.207. The largest absolute Gasteiger partial charge is 0.493 e. The molecular formula is C14H21F2N3O2. The van der Waals surface area contributed by atoms with E-state index < -0.39 is 6.61 Å². The highest BCUT2D eigenvalue weighted by Crippen LogP contribution is 2.29. The van der Waals surface area contributed by atoms with Crippen molar-refractivity contribution in [2.24, 2.45) is 10.7 Å². The zero-order valence-electron chi connectivity index (χ0n) is 12.2. The van der Waals surface area contributed by atoms with Crippen molar-refractivity contribution >= 4 is 5.96 Å². The maximum atomic E-state index is 12.3. The summed E-state index contributed by atoms with van der Waals surface area (Å²) < 4.78 is 34.0. The van der Waals surface area contributed by atoms with Crippen LogP contribution in [0.5, 0.6) is 11.5 Å². The molecule has 0 unspecified atom stereocenters. The first-order valence-corrected chi connectivity index (χ1v) is 6.72. The summed E-state index contributed by atoms with van der Waals surface area (Å²) in [6, 6.07) is 4.75. The van der Waals surface area contributed by atoms with Crippen LogP contribution in [-0.4, -0.2) is 26.2 Å². The average Bonchev–Trinajstić information content (AvgIpc) is 2.45. The molecule has 0 aromatic heterocycles. The summed E-state index contributed by atoms with van der Waals surface area (Å²) in [7, 11) is 1.39. The number of alkyl halides is 2. The molecule has 0 aliphatic carbocycles. The number of hydrogen-bond acceptors (Lipinski definition) is 3. The quantitative estimate of drug-likeness (QED) is 0.440. The highest BCUT2D eigenvalue weighted by molar-refractivity contribution is 5.77. The first-order valence-electron chi connectivity index (χ1n) is 6.72. The highest BCUT2D eigenvalue weighted by atomic mass is 19.3. The second-order valence-electron chi connectivity index (χ2n) is 4.35. The number of hydrogen-bond donors (Lipinski definition) is 2. The number of halogens is 2. The fourth-order valence-electron chi connectivity index (χ4n) is 1.63. The third-order valence-electron chi connectivity index (χ3n) is 2.71. The van der Waals surface area contributed by atoms with E-state index in [0.717, 1.165) is 19.4 Å². The molecule has 3 N–H and O–H groups in total. The average molecular weight is 301 g/mol. The minimum absolute atomic E-state index is 0.0160. The third-order valence-corrected chi connectivity index (χ3v) is 2.71. The van der Waals surface area contributed by atoms with Crippen molar-refractivity contribution in [3.05, 3.63) is 23.8 Å². The van der Waals surface area contributed by atoms with Crippen molar-refractivity contribution in [1.82, 2.24) is 5.32 Å². The van der Waals surface area contributed by atoms with Crippen LogP contribution in [-0.2, 0) is 6.54 Å². The molecule has 0 heterocycles. The Morgan fingerprint density at radius 3 is 2.76 bits per heavy atom. The monoisotopic (exact) mass is 301 g/mol. The van der Waals surface area contributed by atoms with E-state index in [1.54, 1.807) is 12.1 Å². The zero-order chi connectivity index (χ0) is 15.7. The molecular weight excluding hydrogens is 280 g/mol. The van der Waals surface area contributed by atoms with E-state index in [-0.39, 0.29) is 18.0 Å². The molecule has 118 valence electrons. The molecule has 0 aliphatic rings. The zero-order valence-corrected chi connectivity index (χ0v) is 12.2. The molecule has 1 rings (SSSR count). The second-order valence-corrected chi connectivity index (χ2v) is 4.35. The summed E-state index contributed by atoms with van der Waals surface area (Å²) >= 11 is 0. The van der Waals surface area contributed by atoms with Gasteiger partial charge < -0.3 is 20.5 Å². The number of nitrogens with zero attached hydrogens (tertiary/aromatic N) is 1. The van der Waals surface area contributed by atoms with Crippen LogP contribution in [0.4, 0.5) is 8.78 Å². The molecule has 0 saturated heterocycles. The molecule has 0 bridgehead atoms. The van der Waals surface area contributed by atoms with Crippen LogP contribution in [0.15, 0.2) is 23.2 Å². The van der Waals surface area contributed by atoms with Gasteiger partial charge in [0, 0.05) is 6.54 Å². The van der Waals surface area contributed by atoms with Crippen LogP contribution < -0.4 is 20.5 Å². The highest BCUT2D eigenvalue weighted by Gasteiger charge is 2.11. The van der Waals surface area contributed by atoms with E-state index >= 15 is 0 Å². The van der Waals surface area contributed by atoms with Gasteiger partial charge in [0.25, 0.3) is 0 Å². The Balaban J connectivity index is 2.68. The fourth-order valence-corrected chi connectivity index (χ4v) is 1.63. The van der Waals surface area contributed by atoms with Gasteiger partial charge in [0.2, 0.25) is 0 Å². The van der Waals surface area contributed by atoms with Gasteiger partial charge in [-0.1, -0.05) is 19.4 Å². The van der Waals surface area contributed by atoms with E-state index in [1.807, 2.05) is 0 Å². The van der Waals surface area contributed by atoms with E-state index in [9.17, 15) is 8.78 Å². The van der Waals surface area contributed by atoms with Gasteiger partial charge in [-0.15, -0.1) is 0 Å². The smallest absolute Gasteiger partial charge is 0.387 e. The summed E-state index contributed by atoms with van der Waals surface area (Å²) in [6.07, 6.45) is 2.07. The van der Waals surface area contributed by atoms with Gasteiger partial charge in [0.1, 0.15) is 0 Å². The Labute approximate surface area is 123 Å². The van der Waals surface area contributed by atoms with Crippen LogP contribution in [0.1, 0.15) is 25.3 Å². The normalized spacial score (nSPS) is 11.6.